The van der Waals surface area contributed by atoms with Crippen molar-refractivity contribution in [2.45, 2.75) is 123 Å². The summed E-state index contributed by atoms with van der Waals surface area (Å²) in [4.78, 5) is 5.19. The van der Waals surface area contributed by atoms with Crippen LogP contribution in [0.25, 0.3) is 0 Å². The molecule has 0 aliphatic carbocycles. The Morgan fingerprint density at radius 2 is 1.25 bits per heavy atom. The van der Waals surface area contributed by atoms with Crippen LogP contribution >= 0.6 is 0 Å². The highest BCUT2D eigenvalue weighted by atomic mass is 15.4. The van der Waals surface area contributed by atoms with E-state index in [9.17, 15) is 0 Å². The van der Waals surface area contributed by atoms with Gasteiger partial charge in [0.15, 0.2) is 0 Å². The van der Waals surface area contributed by atoms with Crippen LogP contribution in [0.1, 0.15) is 111 Å². The Kier molecular flexibility index (Phi) is 12.1. The predicted molar refractivity (Wildman–Crippen MR) is 108 cm³/mol. The first-order valence-electron chi connectivity index (χ1n) is 10.9. The molecule has 0 aromatic heterocycles. The lowest BCUT2D eigenvalue weighted by molar-refractivity contribution is 0.114. The molecule has 1 unspecified atom stereocenters. The minimum atomic E-state index is 0.612. The van der Waals surface area contributed by atoms with Crippen LogP contribution in [0.2, 0.25) is 0 Å². The highest BCUT2D eigenvalue weighted by molar-refractivity contribution is 4.98. The highest BCUT2D eigenvalue weighted by Crippen LogP contribution is 2.24. The Bertz CT molecular complexity index is 311. The van der Waals surface area contributed by atoms with E-state index in [1.807, 2.05) is 0 Å². The number of hydrogen-bond donors (Lipinski definition) is 0. The second kappa shape index (κ2) is 13.6. The molecule has 0 spiro atoms. The third-order valence-electron chi connectivity index (χ3n) is 5.34. The molecule has 1 aliphatic heterocycles. The Hall–Kier alpha value is -0.660. The number of hydrogen-bond acceptors (Lipinski definition) is 2. The fourth-order valence-electron chi connectivity index (χ4n) is 3.77. The average Bonchev–Trinajstić information content (AvgIpc) is 2.97. The summed E-state index contributed by atoms with van der Waals surface area (Å²) in [6.07, 6.45) is 23.4. The molecule has 0 saturated carbocycles. The van der Waals surface area contributed by atoms with E-state index >= 15 is 0 Å². The molecular formula is C22H44N2. The number of unbranched alkanes of at least 4 members (excludes halogenated alkanes) is 10. The van der Waals surface area contributed by atoms with Crippen molar-refractivity contribution in [2.75, 3.05) is 6.54 Å². The average molecular weight is 337 g/mol. The molecule has 1 rings (SSSR count). The third kappa shape index (κ3) is 8.44. The summed E-state index contributed by atoms with van der Waals surface area (Å²) in [5.41, 5.74) is 0. The Labute approximate surface area is 152 Å². The van der Waals surface area contributed by atoms with Crippen LogP contribution in [-0.2, 0) is 0 Å². The summed E-state index contributed by atoms with van der Waals surface area (Å²) < 4.78 is 0. The summed E-state index contributed by atoms with van der Waals surface area (Å²) in [6.45, 7) is 10.5. The van der Waals surface area contributed by atoms with Gasteiger partial charge in [-0.1, -0.05) is 78.1 Å². The largest absolute Gasteiger partial charge is 0.356 e. The second-order valence-electron chi connectivity index (χ2n) is 7.88. The van der Waals surface area contributed by atoms with Gasteiger partial charge in [-0.2, -0.15) is 0 Å². The van der Waals surface area contributed by atoms with Crippen LogP contribution in [0, 0.1) is 0 Å². The van der Waals surface area contributed by atoms with E-state index in [2.05, 4.69) is 49.9 Å². The first-order valence-corrected chi connectivity index (χ1v) is 10.9. The van der Waals surface area contributed by atoms with Crippen LogP contribution < -0.4 is 0 Å². The monoisotopic (exact) mass is 336 g/mol. The SMILES string of the molecule is CCCCCCCCCC1N(CCCCCCC)C=CN1C(C)C. The van der Waals surface area contributed by atoms with Crippen molar-refractivity contribution in [3.05, 3.63) is 12.4 Å². The van der Waals surface area contributed by atoms with Crippen molar-refractivity contribution in [2.24, 2.45) is 0 Å². The van der Waals surface area contributed by atoms with Crippen LogP contribution in [0.3, 0.4) is 0 Å². The zero-order chi connectivity index (χ0) is 17.6. The summed E-state index contributed by atoms with van der Waals surface area (Å²) in [5, 5.41) is 0. The first kappa shape index (κ1) is 21.4. The van der Waals surface area contributed by atoms with Gasteiger partial charge >= 0.3 is 0 Å². The van der Waals surface area contributed by atoms with Crippen molar-refractivity contribution < 1.29 is 0 Å². The third-order valence-corrected chi connectivity index (χ3v) is 5.34. The predicted octanol–water partition coefficient (Wildman–Crippen LogP) is 6.92. The van der Waals surface area contributed by atoms with Gasteiger partial charge in [0.1, 0.15) is 6.17 Å². The summed E-state index contributed by atoms with van der Waals surface area (Å²) >= 11 is 0. The molecule has 24 heavy (non-hydrogen) atoms. The van der Waals surface area contributed by atoms with E-state index in [1.165, 1.54) is 90.0 Å². The molecule has 1 heterocycles. The summed E-state index contributed by atoms with van der Waals surface area (Å²) in [6, 6.07) is 0.612. The highest BCUT2D eigenvalue weighted by Gasteiger charge is 2.26. The molecule has 0 radical (unpaired) electrons. The maximum Gasteiger partial charge on any atom is 0.101 e. The number of nitrogens with zero attached hydrogens (tertiary/aromatic N) is 2. The van der Waals surface area contributed by atoms with Crippen molar-refractivity contribution in [1.82, 2.24) is 9.80 Å². The lowest BCUT2D eigenvalue weighted by atomic mass is 10.1. The van der Waals surface area contributed by atoms with E-state index in [-0.39, 0.29) is 0 Å². The molecule has 0 amide bonds. The summed E-state index contributed by atoms with van der Waals surface area (Å²) in [7, 11) is 0. The second-order valence-corrected chi connectivity index (χ2v) is 7.88. The standard InChI is InChI=1S/C22H44N2/c1-5-7-9-11-12-13-15-17-22-23(18-16-14-10-8-6-2)19-20-24(22)21(3)4/h19-22H,5-18H2,1-4H3. The molecule has 2 nitrogen and oxygen atoms in total. The van der Waals surface area contributed by atoms with E-state index in [4.69, 9.17) is 0 Å². The van der Waals surface area contributed by atoms with Crippen LogP contribution in [0.5, 0.6) is 0 Å². The Morgan fingerprint density at radius 3 is 1.83 bits per heavy atom. The van der Waals surface area contributed by atoms with Crippen molar-refractivity contribution in [1.29, 1.82) is 0 Å². The van der Waals surface area contributed by atoms with Crippen LogP contribution in [0.15, 0.2) is 12.4 Å². The molecule has 0 bridgehead atoms. The maximum absolute atomic E-state index is 2.61. The molecule has 0 aromatic rings. The topological polar surface area (TPSA) is 6.48 Å². The van der Waals surface area contributed by atoms with Crippen LogP contribution in [0.4, 0.5) is 0 Å². The van der Waals surface area contributed by atoms with Gasteiger partial charge in [-0.15, -0.1) is 0 Å². The van der Waals surface area contributed by atoms with Crippen LogP contribution in [-0.4, -0.2) is 28.6 Å². The fourth-order valence-corrected chi connectivity index (χ4v) is 3.77. The Morgan fingerprint density at radius 1 is 0.708 bits per heavy atom. The molecule has 0 aromatic carbocycles. The molecular weight excluding hydrogens is 292 g/mol. The van der Waals surface area contributed by atoms with E-state index in [0.29, 0.717) is 12.2 Å². The van der Waals surface area contributed by atoms with Gasteiger partial charge in [-0.3, -0.25) is 0 Å². The lowest BCUT2D eigenvalue weighted by Gasteiger charge is -2.35. The van der Waals surface area contributed by atoms with Gasteiger partial charge < -0.3 is 9.80 Å². The van der Waals surface area contributed by atoms with Gasteiger partial charge in [-0.25, -0.2) is 0 Å². The molecule has 0 saturated heterocycles. The molecule has 142 valence electrons. The zero-order valence-electron chi connectivity index (χ0n) is 17.1. The first-order chi connectivity index (χ1) is 11.7. The van der Waals surface area contributed by atoms with Gasteiger partial charge in [0.05, 0.1) is 0 Å². The van der Waals surface area contributed by atoms with E-state index < -0.39 is 0 Å². The quantitative estimate of drug-likeness (QED) is 0.299. The normalized spacial score (nSPS) is 17.5. The van der Waals surface area contributed by atoms with E-state index in [1.54, 1.807) is 0 Å². The number of rotatable bonds is 15. The van der Waals surface area contributed by atoms with Gasteiger partial charge in [-0.05, 0) is 33.1 Å². The Balaban J connectivity index is 2.26. The van der Waals surface area contributed by atoms with Crippen molar-refractivity contribution >= 4 is 0 Å². The van der Waals surface area contributed by atoms with Gasteiger partial charge in [0, 0.05) is 25.0 Å². The molecule has 0 fully saturated rings. The molecule has 0 N–H and O–H groups in total. The van der Waals surface area contributed by atoms with Gasteiger partial charge in [0.2, 0.25) is 0 Å². The minimum Gasteiger partial charge on any atom is -0.356 e. The minimum absolute atomic E-state index is 0.612. The van der Waals surface area contributed by atoms with Gasteiger partial charge in [0.25, 0.3) is 0 Å². The van der Waals surface area contributed by atoms with E-state index in [0.717, 1.165) is 0 Å². The fraction of sp³-hybridized carbons (Fsp3) is 0.909. The molecule has 1 atom stereocenters. The van der Waals surface area contributed by atoms with Crippen molar-refractivity contribution in [3.63, 3.8) is 0 Å². The smallest absolute Gasteiger partial charge is 0.101 e. The summed E-state index contributed by atoms with van der Waals surface area (Å²) in [5.74, 6) is 0. The van der Waals surface area contributed by atoms with Crippen molar-refractivity contribution in [3.8, 4) is 0 Å². The zero-order valence-corrected chi connectivity index (χ0v) is 17.1. The molecule has 2 heteroatoms. The molecule has 1 aliphatic rings. The lowest BCUT2D eigenvalue weighted by Crippen LogP contribution is -2.42. The maximum atomic E-state index is 2.61.